The minimum atomic E-state index is -0.442. The van der Waals surface area contributed by atoms with Crippen LogP contribution >= 0.6 is 46.6 Å². The van der Waals surface area contributed by atoms with Gasteiger partial charge in [0.2, 0.25) is 0 Å². The van der Waals surface area contributed by atoms with E-state index in [2.05, 4.69) is 4.98 Å². The zero-order valence-corrected chi connectivity index (χ0v) is 11.3. The smallest absolute Gasteiger partial charge is 0.149 e. The summed E-state index contributed by atoms with van der Waals surface area (Å²) < 4.78 is 0. The van der Waals surface area contributed by atoms with Crippen LogP contribution in [0.2, 0.25) is 15.2 Å². The van der Waals surface area contributed by atoms with E-state index in [-0.39, 0.29) is 10.4 Å². The number of hydrogen-bond donors (Lipinski definition) is 1. The minimum Gasteiger partial charge on any atom is -0.392 e. The molecule has 2 atom stereocenters. The Morgan fingerprint density at radius 2 is 1.87 bits per heavy atom. The predicted molar refractivity (Wildman–Crippen MR) is 66.3 cm³/mol. The van der Waals surface area contributed by atoms with E-state index in [1.807, 2.05) is 6.92 Å². The summed E-state index contributed by atoms with van der Waals surface area (Å²) >= 11 is 18.8. The van der Waals surface area contributed by atoms with Gasteiger partial charge in [-0.05, 0) is 13.0 Å². The van der Waals surface area contributed by atoms with Gasteiger partial charge in [0.15, 0.2) is 0 Å². The van der Waals surface area contributed by atoms with Crippen molar-refractivity contribution in [3.05, 3.63) is 21.3 Å². The lowest BCUT2D eigenvalue weighted by molar-refractivity contribution is 0.196. The third-order valence-electron chi connectivity index (χ3n) is 1.83. The van der Waals surface area contributed by atoms with Crippen molar-refractivity contribution in [3.8, 4) is 0 Å². The SMILES string of the molecule is CC(O)C(C)Sc1nc(Cl)c(Cl)cc1Cl. The van der Waals surface area contributed by atoms with Crippen LogP contribution in [0.4, 0.5) is 0 Å². The summed E-state index contributed by atoms with van der Waals surface area (Å²) in [6.07, 6.45) is -0.442. The van der Waals surface area contributed by atoms with Crippen molar-refractivity contribution < 1.29 is 5.11 Å². The molecule has 2 unspecified atom stereocenters. The second kappa shape index (κ2) is 5.60. The Bertz CT molecular complexity index is 359. The van der Waals surface area contributed by atoms with E-state index in [1.165, 1.54) is 11.8 Å². The summed E-state index contributed by atoms with van der Waals surface area (Å²) in [7, 11) is 0. The van der Waals surface area contributed by atoms with E-state index in [1.54, 1.807) is 13.0 Å². The molecule has 0 aliphatic heterocycles. The Morgan fingerprint density at radius 1 is 1.27 bits per heavy atom. The summed E-state index contributed by atoms with van der Waals surface area (Å²) in [5.74, 6) is 0. The molecule has 2 nitrogen and oxygen atoms in total. The topological polar surface area (TPSA) is 33.1 Å². The molecule has 1 N–H and O–H groups in total. The molecule has 0 aliphatic rings. The molecule has 0 aliphatic carbocycles. The molecule has 1 aromatic heterocycles. The Morgan fingerprint density at radius 3 is 2.40 bits per heavy atom. The molecule has 84 valence electrons. The number of aliphatic hydroxyl groups is 1. The number of pyridine rings is 1. The quantitative estimate of drug-likeness (QED) is 0.676. The molecule has 0 amide bonds. The van der Waals surface area contributed by atoms with E-state index in [0.717, 1.165) is 0 Å². The lowest BCUT2D eigenvalue weighted by atomic mass is 10.3. The summed E-state index contributed by atoms with van der Waals surface area (Å²) in [6, 6.07) is 1.55. The van der Waals surface area contributed by atoms with Crippen LogP contribution < -0.4 is 0 Å². The van der Waals surface area contributed by atoms with Crippen molar-refractivity contribution >= 4 is 46.6 Å². The van der Waals surface area contributed by atoms with Gasteiger partial charge in [-0.25, -0.2) is 4.98 Å². The van der Waals surface area contributed by atoms with Crippen molar-refractivity contribution in [1.29, 1.82) is 0 Å². The van der Waals surface area contributed by atoms with Gasteiger partial charge in [-0.1, -0.05) is 53.5 Å². The summed E-state index contributed by atoms with van der Waals surface area (Å²) in [5, 5.41) is 10.9. The molecule has 6 heteroatoms. The first-order valence-electron chi connectivity index (χ1n) is 4.28. The summed E-state index contributed by atoms with van der Waals surface area (Å²) in [6.45, 7) is 3.60. The van der Waals surface area contributed by atoms with Crippen molar-refractivity contribution in [3.63, 3.8) is 0 Å². The Labute approximate surface area is 108 Å². The number of rotatable bonds is 3. The van der Waals surface area contributed by atoms with Gasteiger partial charge in [-0.15, -0.1) is 0 Å². The van der Waals surface area contributed by atoms with Gasteiger partial charge in [-0.3, -0.25) is 0 Å². The zero-order chi connectivity index (χ0) is 11.6. The second-order valence-electron chi connectivity index (χ2n) is 3.11. The van der Waals surface area contributed by atoms with Gasteiger partial charge in [0, 0.05) is 5.25 Å². The lowest BCUT2D eigenvalue weighted by Crippen LogP contribution is -2.15. The molecule has 0 fully saturated rings. The van der Waals surface area contributed by atoms with Crippen molar-refractivity contribution in [2.75, 3.05) is 0 Å². The molecular weight excluding hydrogens is 277 g/mol. The third-order valence-corrected chi connectivity index (χ3v) is 4.20. The average molecular weight is 287 g/mol. The van der Waals surface area contributed by atoms with E-state index in [9.17, 15) is 5.11 Å². The largest absolute Gasteiger partial charge is 0.392 e. The van der Waals surface area contributed by atoms with Crippen molar-refractivity contribution in [2.24, 2.45) is 0 Å². The van der Waals surface area contributed by atoms with Crippen LogP contribution in [0, 0.1) is 0 Å². The molecule has 15 heavy (non-hydrogen) atoms. The van der Waals surface area contributed by atoms with Crippen LogP contribution in [0.5, 0.6) is 0 Å². The molecule has 0 spiro atoms. The normalized spacial score (nSPS) is 15.1. The predicted octanol–water partition coefficient (Wildman–Crippen LogP) is 3.90. The molecule has 1 rings (SSSR count). The van der Waals surface area contributed by atoms with Crippen LogP contribution in [-0.2, 0) is 0 Å². The fourth-order valence-electron chi connectivity index (χ4n) is 0.786. The van der Waals surface area contributed by atoms with Gasteiger partial charge in [0.1, 0.15) is 10.2 Å². The Hall–Kier alpha value is 0.330. The number of nitrogens with zero attached hydrogens (tertiary/aromatic N) is 1. The number of aliphatic hydroxyl groups excluding tert-OH is 1. The zero-order valence-electron chi connectivity index (χ0n) is 8.17. The maximum atomic E-state index is 9.35. The number of thioether (sulfide) groups is 1. The van der Waals surface area contributed by atoms with Gasteiger partial charge in [0.25, 0.3) is 0 Å². The van der Waals surface area contributed by atoms with Gasteiger partial charge in [-0.2, -0.15) is 0 Å². The van der Waals surface area contributed by atoms with E-state index >= 15 is 0 Å². The first-order valence-corrected chi connectivity index (χ1v) is 6.29. The van der Waals surface area contributed by atoms with Crippen LogP contribution in [-0.4, -0.2) is 21.4 Å². The fourth-order valence-corrected chi connectivity index (χ4v) is 2.33. The molecule has 0 bridgehead atoms. The molecule has 0 aromatic carbocycles. The molecule has 0 saturated carbocycles. The minimum absolute atomic E-state index is 0.00718. The molecule has 1 heterocycles. The lowest BCUT2D eigenvalue weighted by Gasteiger charge is -2.14. The molecular formula is C9H10Cl3NOS. The van der Waals surface area contributed by atoms with Crippen LogP contribution in [0.1, 0.15) is 13.8 Å². The number of aromatic nitrogens is 1. The van der Waals surface area contributed by atoms with Crippen LogP contribution in [0.3, 0.4) is 0 Å². The average Bonchev–Trinajstić information content (AvgIpc) is 2.13. The standard InChI is InChI=1S/C9H10Cl3NOS/c1-4(14)5(2)15-9-7(11)3-6(10)8(12)13-9/h3-5,14H,1-2H3. The second-order valence-corrected chi connectivity index (χ2v) is 5.65. The van der Waals surface area contributed by atoms with E-state index in [0.29, 0.717) is 15.1 Å². The Balaban J connectivity index is 2.91. The monoisotopic (exact) mass is 285 g/mol. The maximum Gasteiger partial charge on any atom is 0.149 e. The summed E-state index contributed by atoms with van der Waals surface area (Å²) in [5.41, 5.74) is 0. The highest BCUT2D eigenvalue weighted by atomic mass is 35.5. The van der Waals surface area contributed by atoms with E-state index < -0.39 is 6.10 Å². The summed E-state index contributed by atoms with van der Waals surface area (Å²) in [4.78, 5) is 4.05. The van der Waals surface area contributed by atoms with E-state index in [4.69, 9.17) is 34.8 Å². The first-order chi connectivity index (χ1) is 6.91. The maximum absolute atomic E-state index is 9.35. The highest BCUT2D eigenvalue weighted by Crippen LogP contribution is 2.34. The van der Waals surface area contributed by atoms with Crippen molar-refractivity contribution in [1.82, 2.24) is 4.98 Å². The Kier molecular flexibility index (Phi) is 5.00. The van der Waals surface area contributed by atoms with Gasteiger partial charge < -0.3 is 5.11 Å². The van der Waals surface area contributed by atoms with Crippen molar-refractivity contribution in [2.45, 2.75) is 30.2 Å². The van der Waals surface area contributed by atoms with Gasteiger partial charge in [0.05, 0.1) is 16.1 Å². The van der Waals surface area contributed by atoms with Gasteiger partial charge >= 0.3 is 0 Å². The number of hydrogen-bond acceptors (Lipinski definition) is 3. The number of halogens is 3. The highest BCUT2D eigenvalue weighted by Gasteiger charge is 2.15. The molecule has 0 saturated heterocycles. The first kappa shape index (κ1) is 13.4. The van der Waals surface area contributed by atoms with Crippen LogP contribution in [0.15, 0.2) is 11.1 Å². The molecule has 0 radical (unpaired) electrons. The fraction of sp³-hybridized carbons (Fsp3) is 0.444. The third kappa shape index (κ3) is 3.68. The highest BCUT2D eigenvalue weighted by molar-refractivity contribution is 8.00. The molecule has 1 aromatic rings. The van der Waals surface area contributed by atoms with Crippen LogP contribution in [0.25, 0.3) is 0 Å².